The molecule has 0 bridgehead atoms. The number of nitrogens with one attached hydrogen (secondary N) is 2. The van der Waals surface area contributed by atoms with Gasteiger partial charge >= 0.3 is 0 Å². The molecule has 0 spiro atoms. The lowest BCUT2D eigenvalue weighted by molar-refractivity contribution is -0.130. The molecule has 0 aliphatic carbocycles. The quantitative estimate of drug-likeness (QED) is 0.826. The van der Waals surface area contributed by atoms with Gasteiger partial charge in [0, 0.05) is 13.1 Å². The molecule has 5 nitrogen and oxygen atoms in total. The van der Waals surface area contributed by atoms with E-state index in [0.29, 0.717) is 6.54 Å². The Hall–Kier alpha value is -1.33. The SMILES string of the molecule is CCC1(C(=O)NCC(c2ccco2)N(C)C)CCNC1. The van der Waals surface area contributed by atoms with Gasteiger partial charge in [-0.1, -0.05) is 6.92 Å². The summed E-state index contributed by atoms with van der Waals surface area (Å²) in [6, 6.07) is 3.89. The summed E-state index contributed by atoms with van der Waals surface area (Å²) in [6.45, 7) is 4.36. The number of carbonyl (C=O) groups excluding carboxylic acids is 1. The van der Waals surface area contributed by atoms with Gasteiger partial charge in [0.15, 0.2) is 0 Å². The molecule has 2 N–H and O–H groups in total. The van der Waals surface area contributed by atoms with E-state index >= 15 is 0 Å². The third-order valence-corrected chi connectivity index (χ3v) is 4.35. The van der Waals surface area contributed by atoms with Crippen LogP contribution in [0.25, 0.3) is 0 Å². The molecule has 0 radical (unpaired) electrons. The van der Waals surface area contributed by atoms with Crippen LogP contribution in [0, 0.1) is 5.41 Å². The first kappa shape index (κ1) is 15.1. The Labute approximate surface area is 120 Å². The molecule has 1 aromatic rings. The number of hydrogen-bond donors (Lipinski definition) is 2. The molecular weight excluding hydrogens is 254 g/mol. The number of carbonyl (C=O) groups is 1. The Morgan fingerprint density at radius 1 is 1.60 bits per heavy atom. The second kappa shape index (κ2) is 6.41. The van der Waals surface area contributed by atoms with E-state index in [1.54, 1.807) is 6.26 Å². The zero-order valence-corrected chi connectivity index (χ0v) is 12.6. The first-order chi connectivity index (χ1) is 9.59. The van der Waals surface area contributed by atoms with Crippen molar-refractivity contribution in [1.29, 1.82) is 0 Å². The number of furan rings is 1. The van der Waals surface area contributed by atoms with Gasteiger partial charge in [0.1, 0.15) is 5.76 Å². The summed E-state index contributed by atoms with van der Waals surface area (Å²) in [5, 5.41) is 6.40. The van der Waals surface area contributed by atoms with Crippen LogP contribution in [0.4, 0.5) is 0 Å². The van der Waals surface area contributed by atoms with E-state index in [1.165, 1.54) is 0 Å². The highest BCUT2D eigenvalue weighted by molar-refractivity contribution is 5.83. The van der Waals surface area contributed by atoms with Gasteiger partial charge in [0.2, 0.25) is 5.91 Å². The summed E-state index contributed by atoms with van der Waals surface area (Å²) >= 11 is 0. The summed E-state index contributed by atoms with van der Waals surface area (Å²) in [5.41, 5.74) is -0.236. The van der Waals surface area contributed by atoms with Crippen molar-refractivity contribution in [2.75, 3.05) is 33.7 Å². The van der Waals surface area contributed by atoms with Gasteiger partial charge < -0.3 is 15.1 Å². The average Bonchev–Trinajstić information content (AvgIpc) is 3.10. The second-order valence-electron chi connectivity index (χ2n) is 5.77. The molecule has 1 aliphatic rings. The molecular formula is C15H25N3O2. The lowest BCUT2D eigenvalue weighted by atomic mass is 9.83. The molecule has 1 saturated heterocycles. The lowest BCUT2D eigenvalue weighted by Gasteiger charge is -2.28. The average molecular weight is 279 g/mol. The van der Waals surface area contributed by atoms with Gasteiger partial charge in [0.05, 0.1) is 17.7 Å². The Balaban J connectivity index is 1.97. The predicted octanol–water partition coefficient (Wildman–Crippen LogP) is 1.39. The monoisotopic (exact) mass is 279 g/mol. The smallest absolute Gasteiger partial charge is 0.227 e. The molecule has 1 fully saturated rings. The van der Waals surface area contributed by atoms with E-state index < -0.39 is 0 Å². The maximum atomic E-state index is 12.5. The van der Waals surface area contributed by atoms with Crippen LogP contribution in [0.2, 0.25) is 0 Å². The summed E-state index contributed by atoms with van der Waals surface area (Å²) < 4.78 is 5.46. The summed E-state index contributed by atoms with van der Waals surface area (Å²) in [7, 11) is 3.98. The van der Waals surface area contributed by atoms with Crippen molar-refractivity contribution in [3.8, 4) is 0 Å². The Kier molecular flexibility index (Phi) is 4.83. The van der Waals surface area contributed by atoms with Crippen LogP contribution in [0.3, 0.4) is 0 Å². The second-order valence-corrected chi connectivity index (χ2v) is 5.77. The molecule has 2 rings (SSSR count). The van der Waals surface area contributed by atoms with Crippen LogP contribution in [0.1, 0.15) is 31.6 Å². The maximum absolute atomic E-state index is 12.5. The fraction of sp³-hybridized carbons (Fsp3) is 0.667. The third kappa shape index (κ3) is 3.04. The van der Waals surface area contributed by atoms with Crippen molar-refractivity contribution < 1.29 is 9.21 Å². The number of likely N-dealkylation sites (N-methyl/N-ethyl adjacent to an activating group) is 1. The van der Waals surface area contributed by atoms with Crippen molar-refractivity contribution >= 4 is 5.91 Å². The molecule has 0 saturated carbocycles. The molecule has 5 heteroatoms. The molecule has 2 unspecified atom stereocenters. The normalized spacial score (nSPS) is 24.0. The fourth-order valence-corrected chi connectivity index (χ4v) is 2.80. The molecule has 1 aliphatic heterocycles. The van der Waals surface area contributed by atoms with Gasteiger partial charge in [0.25, 0.3) is 0 Å². The van der Waals surface area contributed by atoms with Crippen LogP contribution in [0.5, 0.6) is 0 Å². The number of hydrogen-bond acceptors (Lipinski definition) is 4. The van der Waals surface area contributed by atoms with E-state index in [4.69, 9.17) is 4.42 Å². The highest BCUT2D eigenvalue weighted by atomic mass is 16.3. The van der Waals surface area contributed by atoms with Gasteiger partial charge in [-0.25, -0.2) is 0 Å². The Bertz CT molecular complexity index is 422. The summed E-state index contributed by atoms with van der Waals surface area (Å²) in [5.74, 6) is 1.04. The van der Waals surface area contributed by atoms with Crippen LogP contribution in [-0.4, -0.2) is 44.5 Å². The van der Waals surface area contributed by atoms with E-state index in [-0.39, 0.29) is 17.4 Å². The minimum Gasteiger partial charge on any atom is -0.468 e. The number of nitrogens with zero attached hydrogens (tertiary/aromatic N) is 1. The van der Waals surface area contributed by atoms with E-state index in [2.05, 4.69) is 22.5 Å². The topological polar surface area (TPSA) is 57.5 Å². The van der Waals surface area contributed by atoms with Gasteiger partial charge in [-0.3, -0.25) is 9.69 Å². The Morgan fingerprint density at radius 2 is 2.40 bits per heavy atom. The Morgan fingerprint density at radius 3 is 2.90 bits per heavy atom. The minimum absolute atomic E-state index is 0.0669. The summed E-state index contributed by atoms with van der Waals surface area (Å²) in [6.07, 6.45) is 3.46. The zero-order chi connectivity index (χ0) is 14.6. The predicted molar refractivity (Wildman–Crippen MR) is 78.4 cm³/mol. The van der Waals surface area contributed by atoms with Crippen LogP contribution in [-0.2, 0) is 4.79 Å². The molecule has 20 heavy (non-hydrogen) atoms. The third-order valence-electron chi connectivity index (χ3n) is 4.35. The largest absolute Gasteiger partial charge is 0.468 e. The van der Waals surface area contributed by atoms with Crippen molar-refractivity contribution in [3.63, 3.8) is 0 Å². The maximum Gasteiger partial charge on any atom is 0.227 e. The van der Waals surface area contributed by atoms with Gasteiger partial charge in [-0.2, -0.15) is 0 Å². The highest BCUT2D eigenvalue weighted by Gasteiger charge is 2.39. The molecule has 1 amide bonds. The first-order valence-electron chi connectivity index (χ1n) is 7.28. The lowest BCUT2D eigenvalue weighted by Crippen LogP contribution is -2.44. The standard InChI is InChI=1S/C15H25N3O2/c1-4-15(7-8-16-11-15)14(19)17-10-12(18(2)3)13-6-5-9-20-13/h5-6,9,12,16H,4,7-8,10-11H2,1-3H3,(H,17,19). The van der Waals surface area contributed by atoms with Crippen molar-refractivity contribution in [2.45, 2.75) is 25.8 Å². The minimum atomic E-state index is -0.236. The highest BCUT2D eigenvalue weighted by Crippen LogP contribution is 2.29. The summed E-state index contributed by atoms with van der Waals surface area (Å²) in [4.78, 5) is 14.6. The number of rotatable bonds is 6. The van der Waals surface area contributed by atoms with Crippen LogP contribution in [0.15, 0.2) is 22.8 Å². The zero-order valence-electron chi connectivity index (χ0n) is 12.6. The molecule has 112 valence electrons. The van der Waals surface area contributed by atoms with E-state index in [1.807, 2.05) is 26.2 Å². The molecule has 1 aromatic heterocycles. The van der Waals surface area contributed by atoms with Crippen LogP contribution >= 0.6 is 0 Å². The van der Waals surface area contributed by atoms with E-state index in [0.717, 1.165) is 31.7 Å². The first-order valence-corrected chi connectivity index (χ1v) is 7.28. The van der Waals surface area contributed by atoms with Gasteiger partial charge in [-0.15, -0.1) is 0 Å². The van der Waals surface area contributed by atoms with Crippen molar-refractivity contribution in [2.24, 2.45) is 5.41 Å². The van der Waals surface area contributed by atoms with E-state index in [9.17, 15) is 4.79 Å². The van der Waals surface area contributed by atoms with Crippen molar-refractivity contribution in [1.82, 2.24) is 15.5 Å². The van der Waals surface area contributed by atoms with Crippen LogP contribution < -0.4 is 10.6 Å². The number of amides is 1. The molecule has 2 heterocycles. The molecule has 0 aromatic carbocycles. The fourth-order valence-electron chi connectivity index (χ4n) is 2.80. The molecule has 2 atom stereocenters. The van der Waals surface area contributed by atoms with Crippen molar-refractivity contribution in [3.05, 3.63) is 24.2 Å². The van der Waals surface area contributed by atoms with Gasteiger partial charge in [-0.05, 0) is 45.6 Å².